The van der Waals surface area contributed by atoms with E-state index in [9.17, 15) is 4.79 Å². The van der Waals surface area contributed by atoms with E-state index in [1.165, 1.54) is 0 Å². The molecule has 1 aromatic rings. The maximum absolute atomic E-state index is 12.0. The quantitative estimate of drug-likeness (QED) is 0.911. The zero-order valence-corrected chi connectivity index (χ0v) is 11.7. The Morgan fingerprint density at radius 3 is 2.83 bits per heavy atom. The number of hydrogen-bond donors (Lipinski definition) is 1. The van der Waals surface area contributed by atoms with Crippen molar-refractivity contribution >= 4 is 27.6 Å². The Morgan fingerprint density at radius 2 is 2.17 bits per heavy atom. The van der Waals surface area contributed by atoms with Crippen LogP contribution < -0.4 is 10.1 Å². The SMILES string of the molecule is COc1cc(NC(=O)N2CCOCC2)ccc1Br. The van der Waals surface area contributed by atoms with Crippen LogP contribution >= 0.6 is 15.9 Å². The van der Waals surface area contributed by atoms with Gasteiger partial charge in [0.2, 0.25) is 0 Å². The Bertz CT molecular complexity index is 433. The predicted molar refractivity (Wildman–Crippen MR) is 72.1 cm³/mol. The number of amides is 2. The molecule has 5 nitrogen and oxygen atoms in total. The average molecular weight is 315 g/mol. The van der Waals surface area contributed by atoms with E-state index in [0.29, 0.717) is 37.7 Å². The van der Waals surface area contributed by atoms with E-state index in [1.807, 2.05) is 12.1 Å². The molecule has 0 bridgehead atoms. The van der Waals surface area contributed by atoms with Crippen molar-refractivity contribution in [3.8, 4) is 5.75 Å². The number of carbonyl (C=O) groups excluding carboxylic acids is 1. The van der Waals surface area contributed by atoms with Crippen LogP contribution in [0.1, 0.15) is 0 Å². The van der Waals surface area contributed by atoms with Crippen LogP contribution in [-0.2, 0) is 4.74 Å². The van der Waals surface area contributed by atoms with Gasteiger partial charge >= 0.3 is 6.03 Å². The number of anilines is 1. The molecule has 0 saturated carbocycles. The summed E-state index contributed by atoms with van der Waals surface area (Å²) in [5, 5.41) is 2.84. The molecule has 0 unspecified atom stereocenters. The van der Waals surface area contributed by atoms with E-state index in [-0.39, 0.29) is 6.03 Å². The molecule has 1 aliphatic heterocycles. The number of halogens is 1. The Balaban J connectivity index is 2.02. The molecule has 0 atom stereocenters. The van der Waals surface area contributed by atoms with E-state index in [4.69, 9.17) is 9.47 Å². The molecule has 1 heterocycles. The normalized spacial score (nSPS) is 15.3. The molecule has 98 valence electrons. The minimum Gasteiger partial charge on any atom is -0.495 e. The highest BCUT2D eigenvalue weighted by Crippen LogP contribution is 2.27. The molecule has 0 spiro atoms. The average Bonchev–Trinajstić information content (AvgIpc) is 2.42. The van der Waals surface area contributed by atoms with Crippen LogP contribution in [0.5, 0.6) is 5.75 Å². The number of benzene rings is 1. The number of rotatable bonds is 2. The number of methoxy groups -OCH3 is 1. The van der Waals surface area contributed by atoms with Gasteiger partial charge in [-0.15, -0.1) is 0 Å². The van der Waals surface area contributed by atoms with Gasteiger partial charge in [0.25, 0.3) is 0 Å². The van der Waals surface area contributed by atoms with E-state index in [0.717, 1.165) is 4.47 Å². The second-order valence-corrected chi connectivity index (χ2v) is 4.73. The molecule has 1 N–H and O–H groups in total. The van der Waals surface area contributed by atoms with Crippen LogP contribution in [0.2, 0.25) is 0 Å². The van der Waals surface area contributed by atoms with Crippen LogP contribution in [0.4, 0.5) is 10.5 Å². The number of carbonyl (C=O) groups is 1. The van der Waals surface area contributed by atoms with Gasteiger partial charge in [0, 0.05) is 24.8 Å². The number of ether oxygens (including phenoxy) is 2. The second-order valence-electron chi connectivity index (χ2n) is 3.88. The van der Waals surface area contributed by atoms with Gasteiger partial charge in [-0.1, -0.05) is 0 Å². The van der Waals surface area contributed by atoms with Gasteiger partial charge in [0.15, 0.2) is 0 Å². The lowest BCUT2D eigenvalue weighted by atomic mass is 10.3. The number of hydrogen-bond acceptors (Lipinski definition) is 3. The third-order valence-electron chi connectivity index (χ3n) is 2.70. The van der Waals surface area contributed by atoms with Crippen molar-refractivity contribution in [2.75, 3.05) is 38.7 Å². The summed E-state index contributed by atoms with van der Waals surface area (Å²) >= 11 is 3.37. The molecule has 1 fully saturated rings. The van der Waals surface area contributed by atoms with Crippen molar-refractivity contribution in [3.05, 3.63) is 22.7 Å². The van der Waals surface area contributed by atoms with Crippen molar-refractivity contribution in [1.29, 1.82) is 0 Å². The summed E-state index contributed by atoms with van der Waals surface area (Å²) in [5.41, 5.74) is 0.714. The van der Waals surface area contributed by atoms with E-state index in [2.05, 4.69) is 21.2 Å². The summed E-state index contributed by atoms with van der Waals surface area (Å²) in [5.74, 6) is 0.690. The number of nitrogens with zero attached hydrogens (tertiary/aromatic N) is 1. The van der Waals surface area contributed by atoms with Crippen molar-refractivity contribution in [2.24, 2.45) is 0 Å². The summed E-state index contributed by atoms with van der Waals surface area (Å²) in [6.07, 6.45) is 0. The lowest BCUT2D eigenvalue weighted by Crippen LogP contribution is -2.43. The van der Waals surface area contributed by atoms with Crippen molar-refractivity contribution in [1.82, 2.24) is 4.90 Å². The first kappa shape index (κ1) is 13.2. The fraction of sp³-hybridized carbons (Fsp3) is 0.417. The van der Waals surface area contributed by atoms with Gasteiger partial charge in [-0.2, -0.15) is 0 Å². The van der Waals surface area contributed by atoms with E-state index in [1.54, 1.807) is 18.1 Å². The van der Waals surface area contributed by atoms with Crippen LogP contribution in [0, 0.1) is 0 Å². The summed E-state index contributed by atoms with van der Waals surface area (Å²) in [7, 11) is 1.59. The Morgan fingerprint density at radius 1 is 1.44 bits per heavy atom. The predicted octanol–water partition coefficient (Wildman–Crippen LogP) is 2.32. The Kier molecular flexibility index (Phi) is 4.43. The minimum atomic E-state index is -0.109. The molecule has 1 aromatic carbocycles. The molecular formula is C12H15BrN2O3. The molecule has 2 amide bonds. The van der Waals surface area contributed by atoms with Crippen LogP contribution in [0.3, 0.4) is 0 Å². The lowest BCUT2D eigenvalue weighted by molar-refractivity contribution is 0.0564. The van der Waals surface area contributed by atoms with Gasteiger partial charge in [0.1, 0.15) is 5.75 Å². The maximum atomic E-state index is 12.0. The molecular weight excluding hydrogens is 300 g/mol. The Hall–Kier alpha value is -1.27. The van der Waals surface area contributed by atoms with Crippen LogP contribution in [0.25, 0.3) is 0 Å². The van der Waals surface area contributed by atoms with Gasteiger partial charge in [-0.3, -0.25) is 0 Å². The number of nitrogens with one attached hydrogen (secondary N) is 1. The van der Waals surface area contributed by atoms with E-state index < -0.39 is 0 Å². The molecule has 18 heavy (non-hydrogen) atoms. The first-order chi connectivity index (χ1) is 8.70. The number of morpholine rings is 1. The zero-order valence-electron chi connectivity index (χ0n) is 10.1. The molecule has 1 saturated heterocycles. The molecule has 6 heteroatoms. The van der Waals surface area contributed by atoms with Crippen molar-refractivity contribution in [2.45, 2.75) is 0 Å². The molecule has 1 aliphatic rings. The molecule has 0 aliphatic carbocycles. The fourth-order valence-electron chi connectivity index (χ4n) is 1.71. The van der Waals surface area contributed by atoms with Gasteiger partial charge in [-0.05, 0) is 28.1 Å². The summed E-state index contributed by atoms with van der Waals surface area (Å²) in [4.78, 5) is 13.7. The fourth-order valence-corrected chi connectivity index (χ4v) is 2.12. The smallest absolute Gasteiger partial charge is 0.322 e. The lowest BCUT2D eigenvalue weighted by Gasteiger charge is -2.27. The topological polar surface area (TPSA) is 50.8 Å². The standard InChI is InChI=1S/C12H15BrN2O3/c1-17-11-8-9(2-3-10(11)13)14-12(16)15-4-6-18-7-5-15/h2-3,8H,4-7H2,1H3,(H,14,16). The monoisotopic (exact) mass is 314 g/mol. The van der Waals surface area contributed by atoms with Crippen molar-refractivity contribution in [3.63, 3.8) is 0 Å². The van der Waals surface area contributed by atoms with Crippen LogP contribution in [0.15, 0.2) is 22.7 Å². The largest absolute Gasteiger partial charge is 0.495 e. The molecule has 0 radical (unpaired) electrons. The van der Waals surface area contributed by atoms with Gasteiger partial charge < -0.3 is 19.7 Å². The second kappa shape index (κ2) is 6.06. The molecule has 2 rings (SSSR count). The van der Waals surface area contributed by atoms with Gasteiger partial charge in [-0.25, -0.2) is 4.79 Å². The first-order valence-electron chi connectivity index (χ1n) is 5.68. The summed E-state index contributed by atoms with van der Waals surface area (Å²) in [6, 6.07) is 5.34. The zero-order chi connectivity index (χ0) is 13.0. The van der Waals surface area contributed by atoms with Crippen LogP contribution in [-0.4, -0.2) is 44.3 Å². The summed E-state index contributed by atoms with van der Waals surface area (Å²) in [6.45, 7) is 2.44. The Labute approximate surface area is 114 Å². The maximum Gasteiger partial charge on any atom is 0.322 e. The third kappa shape index (κ3) is 3.14. The number of urea groups is 1. The minimum absolute atomic E-state index is 0.109. The van der Waals surface area contributed by atoms with Crippen molar-refractivity contribution < 1.29 is 14.3 Å². The van der Waals surface area contributed by atoms with Gasteiger partial charge in [0.05, 0.1) is 24.8 Å². The highest BCUT2D eigenvalue weighted by molar-refractivity contribution is 9.10. The highest BCUT2D eigenvalue weighted by Gasteiger charge is 2.16. The summed E-state index contributed by atoms with van der Waals surface area (Å²) < 4.78 is 11.2. The third-order valence-corrected chi connectivity index (χ3v) is 3.36. The van der Waals surface area contributed by atoms with E-state index >= 15 is 0 Å². The first-order valence-corrected chi connectivity index (χ1v) is 6.47. The molecule has 0 aromatic heterocycles. The highest BCUT2D eigenvalue weighted by atomic mass is 79.9.